The van der Waals surface area contributed by atoms with E-state index in [-0.39, 0.29) is 0 Å². The van der Waals surface area contributed by atoms with E-state index in [9.17, 15) is 0 Å². The molecule has 1 aliphatic heterocycles. The molecule has 1 N–H and O–H groups in total. The Morgan fingerprint density at radius 1 is 1.18 bits per heavy atom. The van der Waals surface area contributed by atoms with Gasteiger partial charge in [-0.05, 0) is 71.9 Å². The first kappa shape index (κ1) is 13.3. The van der Waals surface area contributed by atoms with Crippen LogP contribution in [0, 0.1) is 5.92 Å². The Morgan fingerprint density at radius 3 is 2.35 bits per heavy atom. The second-order valence-electron chi connectivity index (χ2n) is 5.79. The number of hydrogen-bond acceptors (Lipinski definition) is 3. The highest BCUT2D eigenvalue weighted by atomic mass is 15.2. The first-order chi connectivity index (χ1) is 8.26. The molecule has 0 amide bonds. The summed E-state index contributed by atoms with van der Waals surface area (Å²) in [5.74, 6) is 0.897. The van der Waals surface area contributed by atoms with Crippen LogP contribution in [-0.4, -0.2) is 62.2 Å². The molecule has 2 atom stereocenters. The summed E-state index contributed by atoms with van der Waals surface area (Å²) in [6.45, 7) is 7.30. The van der Waals surface area contributed by atoms with E-state index < -0.39 is 0 Å². The monoisotopic (exact) mass is 239 g/mol. The van der Waals surface area contributed by atoms with E-state index in [4.69, 9.17) is 0 Å². The van der Waals surface area contributed by atoms with Crippen LogP contribution in [0.5, 0.6) is 0 Å². The van der Waals surface area contributed by atoms with Gasteiger partial charge in [-0.25, -0.2) is 0 Å². The van der Waals surface area contributed by atoms with Gasteiger partial charge in [0.1, 0.15) is 0 Å². The molecule has 100 valence electrons. The van der Waals surface area contributed by atoms with Crippen LogP contribution in [0.3, 0.4) is 0 Å². The summed E-state index contributed by atoms with van der Waals surface area (Å²) in [6.07, 6.45) is 5.57. The van der Waals surface area contributed by atoms with Gasteiger partial charge in [-0.15, -0.1) is 0 Å². The number of rotatable bonds is 5. The normalized spacial score (nSPS) is 31.8. The zero-order valence-electron chi connectivity index (χ0n) is 11.8. The number of nitrogens with zero attached hydrogens (tertiary/aromatic N) is 2. The standard InChI is InChI=1S/C14H29N3/c1-4-17-9-7-13(8-10-17)16(3)14-6-5-12(14)11-15-2/h12-15H,4-11H2,1-3H3. The Hall–Kier alpha value is -0.120. The third-order valence-corrected chi connectivity index (χ3v) is 4.95. The Balaban J connectivity index is 1.78. The van der Waals surface area contributed by atoms with Gasteiger partial charge in [0.2, 0.25) is 0 Å². The van der Waals surface area contributed by atoms with Gasteiger partial charge in [-0.2, -0.15) is 0 Å². The smallest absolute Gasteiger partial charge is 0.0136 e. The summed E-state index contributed by atoms with van der Waals surface area (Å²) in [7, 11) is 4.44. The van der Waals surface area contributed by atoms with E-state index >= 15 is 0 Å². The lowest BCUT2D eigenvalue weighted by atomic mass is 9.77. The largest absolute Gasteiger partial charge is 0.319 e. The quantitative estimate of drug-likeness (QED) is 0.782. The van der Waals surface area contributed by atoms with Crippen molar-refractivity contribution in [3.05, 3.63) is 0 Å². The van der Waals surface area contributed by atoms with Crippen LogP contribution in [0.15, 0.2) is 0 Å². The summed E-state index contributed by atoms with van der Waals surface area (Å²) in [5.41, 5.74) is 0. The van der Waals surface area contributed by atoms with Gasteiger partial charge in [0, 0.05) is 12.1 Å². The van der Waals surface area contributed by atoms with Gasteiger partial charge >= 0.3 is 0 Å². The van der Waals surface area contributed by atoms with Gasteiger partial charge in [-0.1, -0.05) is 6.92 Å². The van der Waals surface area contributed by atoms with Gasteiger partial charge in [-0.3, -0.25) is 0 Å². The minimum atomic E-state index is 0.836. The summed E-state index contributed by atoms with van der Waals surface area (Å²) in [6, 6.07) is 1.68. The summed E-state index contributed by atoms with van der Waals surface area (Å²) < 4.78 is 0. The second kappa shape index (κ2) is 6.17. The van der Waals surface area contributed by atoms with E-state index in [1.165, 1.54) is 51.9 Å². The molecule has 0 bridgehead atoms. The third kappa shape index (κ3) is 3.01. The van der Waals surface area contributed by atoms with Gasteiger partial charge in [0.25, 0.3) is 0 Å². The van der Waals surface area contributed by atoms with E-state index in [2.05, 4.69) is 36.1 Å². The fourth-order valence-electron chi connectivity index (χ4n) is 3.50. The lowest BCUT2D eigenvalue weighted by Crippen LogP contribution is -2.54. The molecule has 3 nitrogen and oxygen atoms in total. The fraction of sp³-hybridized carbons (Fsp3) is 1.00. The number of likely N-dealkylation sites (tertiary alicyclic amines) is 1. The molecule has 2 aliphatic rings. The van der Waals surface area contributed by atoms with Gasteiger partial charge in [0.05, 0.1) is 0 Å². The van der Waals surface area contributed by atoms with Gasteiger partial charge in [0.15, 0.2) is 0 Å². The maximum atomic E-state index is 3.34. The van der Waals surface area contributed by atoms with Crippen molar-refractivity contribution in [3.63, 3.8) is 0 Å². The molecule has 2 rings (SSSR count). The maximum Gasteiger partial charge on any atom is 0.0136 e. The van der Waals surface area contributed by atoms with Crippen LogP contribution in [0.2, 0.25) is 0 Å². The zero-order valence-corrected chi connectivity index (χ0v) is 11.8. The molecular weight excluding hydrogens is 210 g/mol. The second-order valence-corrected chi connectivity index (χ2v) is 5.79. The van der Waals surface area contributed by atoms with Crippen LogP contribution >= 0.6 is 0 Å². The molecule has 2 fully saturated rings. The van der Waals surface area contributed by atoms with Crippen LogP contribution in [0.1, 0.15) is 32.6 Å². The number of piperidine rings is 1. The van der Waals surface area contributed by atoms with Crippen molar-refractivity contribution < 1.29 is 0 Å². The molecule has 2 unspecified atom stereocenters. The molecule has 0 aromatic heterocycles. The van der Waals surface area contributed by atoms with Crippen LogP contribution in [0.25, 0.3) is 0 Å². The lowest BCUT2D eigenvalue weighted by molar-refractivity contribution is 0.0245. The molecule has 3 heteroatoms. The van der Waals surface area contributed by atoms with Crippen LogP contribution in [-0.2, 0) is 0 Å². The summed E-state index contributed by atoms with van der Waals surface area (Å²) in [5, 5.41) is 3.34. The third-order valence-electron chi connectivity index (χ3n) is 4.95. The molecule has 1 heterocycles. The van der Waals surface area contributed by atoms with Crippen molar-refractivity contribution in [2.24, 2.45) is 5.92 Å². The first-order valence-corrected chi connectivity index (χ1v) is 7.35. The Bertz CT molecular complexity index is 224. The van der Waals surface area contributed by atoms with Crippen molar-refractivity contribution >= 4 is 0 Å². The minimum Gasteiger partial charge on any atom is -0.319 e. The molecule has 0 aromatic carbocycles. The highest BCUT2D eigenvalue weighted by Crippen LogP contribution is 2.33. The van der Waals surface area contributed by atoms with E-state index in [0.29, 0.717) is 0 Å². The topological polar surface area (TPSA) is 18.5 Å². The average molecular weight is 239 g/mol. The lowest BCUT2D eigenvalue weighted by Gasteiger charge is -2.48. The average Bonchev–Trinajstić information content (AvgIpc) is 2.34. The van der Waals surface area contributed by atoms with Crippen molar-refractivity contribution in [2.45, 2.75) is 44.7 Å². The van der Waals surface area contributed by atoms with Crippen molar-refractivity contribution in [2.75, 3.05) is 40.3 Å². The first-order valence-electron chi connectivity index (χ1n) is 7.35. The molecule has 0 radical (unpaired) electrons. The highest BCUT2D eigenvalue weighted by Gasteiger charge is 2.36. The SMILES string of the molecule is CCN1CCC(N(C)C2CCC2CNC)CC1. The fourth-order valence-corrected chi connectivity index (χ4v) is 3.50. The zero-order chi connectivity index (χ0) is 12.3. The van der Waals surface area contributed by atoms with E-state index in [1.54, 1.807) is 0 Å². The van der Waals surface area contributed by atoms with Crippen LogP contribution < -0.4 is 5.32 Å². The van der Waals surface area contributed by atoms with Gasteiger partial charge < -0.3 is 15.1 Å². The molecule has 17 heavy (non-hydrogen) atoms. The molecule has 1 saturated heterocycles. The molecule has 1 aliphatic carbocycles. The summed E-state index contributed by atoms with van der Waals surface area (Å²) >= 11 is 0. The molecular formula is C14H29N3. The minimum absolute atomic E-state index is 0.836. The summed E-state index contributed by atoms with van der Waals surface area (Å²) in [4.78, 5) is 5.27. The Kier molecular flexibility index (Phi) is 4.83. The van der Waals surface area contributed by atoms with Crippen LogP contribution in [0.4, 0.5) is 0 Å². The Labute approximate surface area is 107 Å². The maximum absolute atomic E-state index is 3.34. The Morgan fingerprint density at radius 2 is 1.88 bits per heavy atom. The highest BCUT2D eigenvalue weighted by molar-refractivity contribution is 4.92. The van der Waals surface area contributed by atoms with E-state index in [1.807, 2.05) is 0 Å². The van der Waals surface area contributed by atoms with Crippen molar-refractivity contribution in [1.29, 1.82) is 0 Å². The van der Waals surface area contributed by atoms with Crippen molar-refractivity contribution in [3.8, 4) is 0 Å². The molecule has 1 saturated carbocycles. The number of nitrogens with one attached hydrogen (secondary N) is 1. The predicted octanol–water partition coefficient (Wildman–Crippen LogP) is 1.40. The predicted molar refractivity (Wildman–Crippen MR) is 73.3 cm³/mol. The molecule has 0 spiro atoms. The molecule has 0 aromatic rings. The van der Waals surface area contributed by atoms with Crippen molar-refractivity contribution in [1.82, 2.24) is 15.1 Å². The number of hydrogen-bond donors (Lipinski definition) is 1. The van der Waals surface area contributed by atoms with E-state index in [0.717, 1.165) is 18.0 Å².